The normalized spacial score (nSPS) is 16.7. The van der Waals surface area contributed by atoms with Crippen LogP contribution < -0.4 is 9.64 Å². The molecule has 1 amide bonds. The third-order valence-electron chi connectivity index (χ3n) is 5.09. The van der Waals surface area contributed by atoms with Gasteiger partial charge in [-0.3, -0.25) is 9.69 Å². The predicted molar refractivity (Wildman–Crippen MR) is 126 cm³/mol. The summed E-state index contributed by atoms with van der Waals surface area (Å²) in [5, 5.41) is 0.652. The van der Waals surface area contributed by atoms with E-state index in [0.29, 0.717) is 16.5 Å². The molecule has 3 aromatic carbocycles. The van der Waals surface area contributed by atoms with E-state index in [4.69, 9.17) is 16.3 Å². The molecule has 1 heterocycles. The van der Waals surface area contributed by atoms with Crippen LogP contribution in [0, 0.1) is 0 Å². The molecule has 1 atom stereocenters. The van der Waals surface area contributed by atoms with Gasteiger partial charge in [-0.15, -0.1) is 11.8 Å². The first kappa shape index (κ1) is 20.8. The molecule has 1 fully saturated rings. The van der Waals surface area contributed by atoms with E-state index in [9.17, 15) is 4.79 Å². The summed E-state index contributed by atoms with van der Waals surface area (Å²) >= 11 is 7.58. The van der Waals surface area contributed by atoms with E-state index in [1.165, 1.54) is 5.56 Å². The minimum Gasteiger partial charge on any atom is -0.457 e. The summed E-state index contributed by atoms with van der Waals surface area (Å²) in [6.45, 7) is 6.61. The van der Waals surface area contributed by atoms with E-state index in [-0.39, 0.29) is 16.7 Å². The number of amides is 1. The molecular formula is C25H24ClNO2S. The Labute approximate surface area is 187 Å². The molecule has 1 aliphatic heterocycles. The highest BCUT2D eigenvalue weighted by molar-refractivity contribution is 8.00. The van der Waals surface area contributed by atoms with Crippen LogP contribution in [0.15, 0.2) is 72.8 Å². The number of carbonyl (C=O) groups excluding carboxylic acids is 1. The summed E-state index contributed by atoms with van der Waals surface area (Å²) < 4.78 is 5.87. The first-order chi connectivity index (χ1) is 14.3. The van der Waals surface area contributed by atoms with Crippen molar-refractivity contribution in [3.05, 3.63) is 88.9 Å². The lowest BCUT2D eigenvalue weighted by atomic mass is 9.86. The zero-order chi connectivity index (χ0) is 21.3. The van der Waals surface area contributed by atoms with Gasteiger partial charge in [0.05, 0.1) is 5.75 Å². The summed E-state index contributed by atoms with van der Waals surface area (Å²) in [5.74, 6) is 2.04. The van der Waals surface area contributed by atoms with Gasteiger partial charge in [0.25, 0.3) is 0 Å². The summed E-state index contributed by atoms with van der Waals surface area (Å²) in [4.78, 5) is 14.5. The largest absolute Gasteiger partial charge is 0.457 e. The maximum absolute atomic E-state index is 12.7. The Kier molecular flexibility index (Phi) is 5.81. The van der Waals surface area contributed by atoms with Gasteiger partial charge in [-0.25, -0.2) is 0 Å². The maximum Gasteiger partial charge on any atom is 0.238 e. The molecule has 1 aliphatic rings. The SMILES string of the molecule is CC(C)(C)c1ccc(C2SCC(=O)N2c2ccc(Oc3ccc(Cl)cc3)cc2)cc1. The van der Waals surface area contributed by atoms with Crippen LogP contribution in [-0.4, -0.2) is 11.7 Å². The predicted octanol–water partition coefficient (Wildman–Crippen LogP) is 7.21. The van der Waals surface area contributed by atoms with Crippen LogP contribution in [0.25, 0.3) is 0 Å². The van der Waals surface area contributed by atoms with Crippen LogP contribution in [0.5, 0.6) is 11.5 Å². The molecule has 0 N–H and O–H groups in total. The monoisotopic (exact) mass is 437 g/mol. The van der Waals surface area contributed by atoms with Crippen LogP contribution in [0.1, 0.15) is 37.3 Å². The fourth-order valence-electron chi connectivity index (χ4n) is 3.41. The van der Waals surface area contributed by atoms with Gasteiger partial charge in [-0.05, 0) is 65.1 Å². The molecule has 3 nitrogen and oxygen atoms in total. The molecule has 0 radical (unpaired) electrons. The topological polar surface area (TPSA) is 29.5 Å². The first-order valence-corrected chi connectivity index (χ1v) is 11.3. The maximum atomic E-state index is 12.7. The second-order valence-electron chi connectivity index (χ2n) is 8.35. The number of carbonyl (C=O) groups is 1. The number of halogens is 1. The zero-order valence-corrected chi connectivity index (χ0v) is 18.8. The van der Waals surface area contributed by atoms with Gasteiger partial charge in [-0.2, -0.15) is 0 Å². The molecule has 3 aromatic rings. The number of hydrogen-bond donors (Lipinski definition) is 0. The number of benzene rings is 3. The Balaban J connectivity index is 1.54. The van der Waals surface area contributed by atoms with Crippen molar-refractivity contribution >= 4 is 35.0 Å². The molecule has 5 heteroatoms. The third kappa shape index (κ3) is 4.50. The lowest BCUT2D eigenvalue weighted by Gasteiger charge is -2.26. The average molecular weight is 438 g/mol. The second kappa shape index (κ2) is 8.37. The molecule has 154 valence electrons. The van der Waals surface area contributed by atoms with Gasteiger partial charge in [0.1, 0.15) is 16.9 Å². The van der Waals surface area contributed by atoms with Gasteiger partial charge in [0.2, 0.25) is 5.91 Å². The molecule has 30 heavy (non-hydrogen) atoms. The highest BCUT2D eigenvalue weighted by Crippen LogP contribution is 2.42. The standard InChI is InChI=1S/C25H24ClNO2S/c1-25(2,3)18-6-4-17(5-7-18)24-27(23(28)16-30-24)20-10-14-22(15-11-20)29-21-12-8-19(26)9-13-21/h4-15,24H,16H2,1-3H3. The first-order valence-electron chi connectivity index (χ1n) is 9.89. The van der Waals surface area contributed by atoms with Gasteiger partial charge in [0, 0.05) is 10.7 Å². The van der Waals surface area contributed by atoms with Crippen molar-refractivity contribution in [3.8, 4) is 11.5 Å². The van der Waals surface area contributed by atoms with E-state index in [0.717, 1.165) is 17.0 Å². The summed E-state index contributed by atoms with van der Waals surface area (Å²) in [6.07, 6.45) is 0. The molecule has 0 bridgehead atoms. The van der Waals surface area contributed by atoms with Crippen LogP contribution in [-0.2, 0) is 10.2 Å². The van der Waals surface area contributed by atoms with Crippen molar-refractivity contribution in [1.82, 2.24) is 0 Å². The van der Waals surface area contributed by atoms with Crippen molar-refractivity contribution in [2.24, 2.45) is 0 Å². The lowest BCUT2D eigenvalue weighted by molar-refractivity contribution is -0.115. The smallest absolute Gasteiger partial charge is 0.238 e. The third-order valence-corrected chi connectivity index (χ3v) is 6.56. The molecule has 1 saturated heterocycles. The van der Waals surface area contributed by atoms with Crippen LogP contribution in [0.4, 0.5) is 5.69 Å². The number of rotatable bonds is 4. The molecule has 0 aliphatic carbocycles. The van der Waals surface area contributed by atoms with E-state index < -0.39 is 0 Å². The Hall–Kier alpha value is -2.43. The second-order valence-corrected chi connectivity index (χ2v) is 9.85. The van der Waals surface area contributed by atoms with Gasteiger partial charge >= 0.3 is 0 Å². The Morgan fingerprint density at radius 1 is 0.900 bits per heavy atom. The summed E-state index contributed by atoms with van der Waals surface area (Å²) in [5.41, 5.74) is 3.41. The van der Waals surface area contributed by atoms with Crippen LogP contribution in [0.2, 0.25) is 5.02 Å². The molecule has 0 aromatic heterocycles. The minimum atomic E-state index is -0.0189. The van der Waals surface area contributed by atoms with E-state index in [1.54, 1.807) is 23.9 Å². The Bertz CT molecular complexity index is 1020. The number of thioether (sulfide) groups is 1. The van der Waals surface area contributed by atoms with Crippen molar-refractivity contribution in [1.29, 1.82) is 0 Å². The zero-order valence-electron chi connectivity index (χ0n) is 17.3. The van der Waals surface area contributed by atoms with E-state index in [1.807, 2.05) is 41.3 Å². The van der Waals surface area contributed by atoms with Gasteiger partial charge in [-0.1, -0.05) is 56.6 Å². The fourth-order valence-corrected chi connectivity index (χ4v) is 4.71. The molecule has 0 spiro atoms. The number of hydrogen-bond acceptors (Lipinski definition) is 3. The molecule has 0 saturated carbocycles. The Morgan fingerprint density at radius 3 is 2.03 bits per heavy atom. The number of anilines is 1. The van der Waals surface area contributed by atoms with Crippen LogP contribution in [0.3, 0.4) is 0 Å². The van der Waals surface area contributed by atoms with Crippen molar-refractivity contribution < 1.29 is 9.53 Å². The van der Waals surface area contributed by atoms with Gasteiger partial charge < -0.3 is 4.74 Å². The molecule has 4 rings (SSSR count). The van der Waals surface area contributed by atoms with Gasteiger partial charge in [0.15, 0.2) is 0 Å². The van der Waals surface area contributed by atoms with E-state index >= 15 is 0 Å². The van der Waals surface area contributed by atoms with E-state index in [2.05, 4.69) is 45.0 Å². The quantitative estimate of drug-likeness (QED) is 0.431. The van der Waals surface area contributed by atoms with Crippen molar-refractivity contribution in [3.63, 3.8) is 0 Å². The highest BCUT2D eigenvalue weighted by atomic mass is 35.5. The van der Waals surface area contributed by atoms with Crippen molar-refractivity contribution in [2.45, 2.75) is 31.6 Å². The summed E-state index contributed by atoms with van der Waals surface area (Å²) in [7, 11) is 0. The van der Waals surface area contributed by atoms with Crippen LogP contribution >= 0.6 is 23.4 Å². The molecular weight excluding hydrogens is 414 g/mol. The highest BCUT2D eigenvalue weighted by Gasteiger charge is 2.34. The number of ether oxygens (including phenoxy) is 1. The lowest BCUT2D eigenvalue weighted by Crippen LogP contribution is -2.27. The number of nitrogens with zero attached hydrogens (tertiary/aromatic N) is 1. The summed E-state index contributed by atoms with van der Waals surface area (Å²) in [6, 6.07) is 23.5. The minimum absolute atomic E-state index is 0.0189. The molecule has 1 unspecified atom stereocenters. The fraction of sp³-hybridized carbons (Fsp3) is 0.240. The Morgan fingerprint density at radius 2 is 1.47 bits per heavy atom. The van der Waals surface area contributed by atoms with Crippen molar-refractivity contribution in [2.75, 3.05) is 10.7 Å². The average Bonchev–Trinajstić information content (AvgIpc) is 3.11.